The largest absolute Gasteiger partial charge is 0.376 e. The fraction of sp³-hybridized carbons (Fsp3) is 0.750. The average molecular weight is 151 g/mol. The molecule has 0 aliphatic rings. The summed E-state index contributed by atoms with van der Waals surface area (Å²) < 4.78 is 0. The molecule has 0 rings (SSSR count). The maximum Gasteiger partial charge on any atom is 0.334 e. The molecule has 0 aromatic rings. The monoisotopic (exact) mass is 151 g/mol. The lowest BCUT2D eigenvalue weighted by atomic mass is 10.7. The van der Waals surface area contributed by atoms with Crippen LogP contribution in [0.25, 0.3) is 0 Å². The lowest BCUT2D eigenvalue weighted by Gasteiger charge is -2.04. The summed E-state index contributed by atoms with van der Waals surface area (Å²) in [6.07, 6.45) is -0.839. The van der Waals surface area contributed by atoms with E-state index in [0.717, 1.165) is 0 Å². The van der Waals surface area contributed by atoms with Crippen LogP contribution in [-0.2, 0) is 9.63 Å². The van der Waals surface area contributed by atoms with Gasteiger partial charge in [0.05, 0.1) is 5.75 Å². The number of aliphatic hydroxyl groups excluding tert-OH is 1. The standard InChI is InChI=1S/C4H9NO3S/c1-3(6)5-8-4(7)2-9/h3,5-6,9H,2H2,1H3. The highest BCUT2D eigenvalue weighted by atomic mass is 32.1. The summed E-state index contributed by atoms with van der Waals surface area (Å²) >= 11 is 3.62. The molecule has 5 heteroatoms. The number of hydrogen-bond acceptors (Lipinski definition) is 5. The van der Waals surface area contributed by atoms with Crippen LogP contribution < -0.4 is 5.48 Å². The Hall–Kier alpha value is -0.260. The fourth-order valence-corrected chi connectivity index (χ4v) is 0.248. The molecule has 1 unspecified atom stereocenters. The van der Waals surface area contributed by atoms with Crippen molar-refractivity contribution in [3.05, 3.63) is 0 Å². The van der Waals surface area contributed by atoms with Gasteiger partial charge in [-0.25, -0.2) is 4.79 Å². The van der Waals surface area contributed by atoms with E-state index in [1.807, 2.05) is 0 Å². The first kappa shape index (κ1) is 8.74. The molecule has 0 saturated heterocycles. The quantitative estimate of drug-likeness (QED) is 0.284. The van der Waals surface area contributed by atoms with Gasteiger partial charge in [-0.1, -0.05) is 0 Å². The van der Waals surface area contributed by atoms with Gasteiger partial charge in [-0.2, -0.15) is 12.6 Å². The maximum absolute atomic E-state index is 10.2. The number of aliphatic hydroxyl groups is 1. The summed E-state index contributed by atoms with van der Waals surface area (Å²) in [6.45, 7) is 1.44. The van der Waals surface area contributed by atoms with Crippen LogP contribution in [0, 0.1) is 0 Å². The van der Waals surface area contributed by atoms with Gasteiger partial charge in [0, 0.05) is 0 Å². The number of thiol groups is 1. The van der Waals surface area contributed by atoms with Gasteiger partial charge >= 0.3 is 5.97 Å². The zero-order valence-corrected chi connectivity index (χ0v) is 5.89. The summed E-state index contributed by atoms with van der Waals surface area (Å²) in [5.74, 6) is -0.515. The van der Waals surface area contributed by atoms with E-state index in [9.17, 15) is 4.79 Å². The normalized spacial score (nSPS) is 12.8. The van der Waals surface area contributed by atoms with E-state index in [2.05, 4.69) is 22.9 Å². The third kappa shape index (κ3) is 5.61. The van der Waals surface area contributed by atoms with Crippen molar-refractivity contribution < 1.29 is 14.7 Å². The van der Waals surface area contributed by atoms with Gasteiger partial charge in [-0.05, 0) is 6.92 Å². The molecule has 4 nitrogen and oxygen atoms in total. The lowest BCUT2D eigenvalue weighted by molar-refractivity contribution is -0.154. The Bertz CT molecular complexity index is 95.8. The number of carbonyl (C=O) groups is 1. The first-order chi connectivity index (χ1) is 4.16. The van der Waals surface area contributed by atoms with Crippen molar-refractivity contribution >= 4 is 18.6 Å². The maximum atomic E-state index is 10.2. The molecule has 0 aliphatic heterocycles. The Balaban J connectivity index is 3.17. The van der Waals surface area contributed by atoms with Crippen molar-refractivity contribution in [2.24, 2.45) is 0 Å². The molecule has 0 spiro atoms. The van der Waals surface area contributed by atoms with Crippen molar-refractivity contribution in [2.75, 3.05) is 5.75 Å². The molecular weight excluding hydrogens is 142 g/mol. The number of rotatable bonds is 3. The summed E-state index contributed by atoms with van der Waals surface area (Å²) in [5, 5.41) is 8.48. The fourth-order valence-electron chi connectivity index (χ4n) is 0.183. The van der Waals surface area contributed by atoms with Crippen LogP contribution in [-0.4, -0.2) is 23.1 Å². The van der Waals surface area contributed by atoms with E-state index >= 15 is 0 Å². The second-order valence-electron chi connectivity index (χ2n) is 1.43. The molecule has 0 heterocycles. The molecule has 2 N–H and O–H groups in total. The van der Waals surface area contributed by atoms with Crippen molar-refractivity contribution in [2.45, 2.75) is 13.2 Å². The van der Waals surface area contributed by atoms with E-state index in [0.29, 0.717) is 0 Å². The highest BCUT2D eigenvalue weighted by molar-refractivity contribution is 7.81. The van der Waals surface area contributed by atoms with Crippen LogP contribution in [0.15, 0.2) is 0 Å². The molecule has 1 atom stereocenters. The van der Waals surface area contributed by atoms with Crippen LogP contribution in [0.1, 0.15) is 6.92 Å². The summed E-state index contributed by atoms with van der Waals surface area (Å²) in [5.41, 5.74) is 2.05. The molecular formula is C4H9NO3S. The summed E-state index contributed by atoms with van der Waals surface area (Å²) in [4.78, 5) is 14.5. The third-order valence-corrected chi connectivity index (χ3v) is 0.731. The van der Waals surface area contributed by atoms with Crippen molar-refractivity contribution in [1.29, 1.82) is 0 Å². The molecule has 0 aromatic carbocycles. The molecule has 0 amide bonds. The first-order valence-corrected chi connectivity index (χ1v) is 3.04. The summed E-state index contributed by atoms with van der Waals surface area (Å²) in [7, 11) is 0. The number of carbonyl (C=O) groups excluding carboxylic acids is 1. The van der Waals surface area contributed by atoms with Gasteiger partial charge in [0.15, 0.2) is 0 Å². The minimum absolute atomic E-state index is 0.000278. The van der Waals surface area contributed by atoms with E-state index in [1.54, 1.807) is 0 Å². The molecule has 54 valence electrons. The number of nitrogens with one attached hydrogen (secondary N) is 1. The van der Waals surface area contributed by atoms with E-state index in [4.69, 9.17) is 5.11 Å². The first-order valence-electron chi connectivity index (χ1n) is 2.41. The Morgan fingerprint density at radius 2 is 2.56 bits per heavy atom. The SMILES string of the molecule is CC(O)NOC(=O)CS. The average Bonchev–Trinajstić information content (AvgIpc) is 1.83. The molecule has 0 fully saturated rings. The van der Waals surface area contributed by atoms with Crippen LogP contribution in [0.2, 0.25) is 0 Å². The zero-order chi connectivity index (χ0) is 7.28. The topological polar surface area (TPSA) is 58.6 Å². The van der Waals surface area contributed by atoms with E-state index < -0.39 is 12.2 Å². The molecule has 9 heavy (non-hydrogen) atoms. The molecule has 0 radical (unpaired) electrons. The third-order valence-electron chi connectivity index (χ3n) is 0.472. The Morgan fingerprint density at radius 1 is 2.00 bits per heavy atom. The predicted molar refractivity (Wildman–Crippen MR) is 34.8 cm³/mol. The van der Waals surface area contributed by atoms with Crippen molar-refractivity contribution in [3.8, 4) is 0 Å². The number of hydroxylamine groups is 1. The minimum atomic E-state index is -0.839. The van der Waals surface area contributed by atoms with Crippen LogP contribution in [0.4, 0.5) is 0 Å². The van der Waals surface area contributed by atoms with Crippen LogP contribution >= 0.6 is 12.6 Å². The molecule has 0 aliphatic carbocycles. The second kappa shape index (κ2) is 4.60. The second-order valence-corrected chi connectivity index (χ2v) is 1.74. The lowest BCUT2D eigenvalue weighted by Crippen LogP contribution is -2.29. The molecule has 0 bridgehead atoms. The number of hydrogen-bond donors (Lipinski definition) is 3. The highest BCUT2D eigenvalue weighted by Crippen LogP contribution is 1.79. The Labute approximate surface area is 58.6 Å². The summed E-state index contributed by atoms with van der Waals surface area (Å²) in [6, 6.07) is 0. The van der Waals surface area contributed by atoms with Gasteiger partial charge in [0.25, 0.3) is 0 Å². The van der Waals surface area contributed by atoms with Gasteiger partial charge in [-0.3, -0.25) is 0 Å². The zero-order valence-electron chi connectivity index (χ0n) is 5.00. The van der Waals surface area contributed by atoms with Gasteiger partial charge in [0.1, 0.15) is 6.23 Å². The smallest absolute Gasteiger partial charge is 0.334 e. The predicted octanol–water partition coefficient (Wildman–Crippen LogP) is -0.698. The minimum Gasteiger partial charge on any atom is -0.376 e. The van der Waals surface area contributed by atoms with Gasteiger partial charge in [0.2, 0.25) is 0 Å². The Morgan fingerprint density at radius 3 is 2.89 bits per heavy atom. The van der Waals surface area contributed by atoms with Crippen molar-refractivity contribution in [1.82, 2.24) is 5.48 Å². The van der Waals surface area contributed by atoms with E-state index in [-0.39, 0.29) is 5.75 Å². The van der Waals surface area contributed by atoms with Crippen molar-refractivity contribution in [3.63, 3.8) is 0 Å². The molecule has 0 aromatic heterocycles. The van der Waals surface area contributed by atoms with Crippen LogP contribution in [0.5, 0.6) is 0 Å². The van der Waals surface area contributed by atoms with Gasteiger partial charge < -0.3 is 9.94 Å². The van der Waals surface area contributed by atoms with Gasteiger partial charge in [-0.15, -0.1) is 5.48 Å². The highest BCUT2D eigenvalue weighted by Gasteiger charge is 1.99. The Kier molecular flexibility index (Phi) is 4.47. The molecule has 0 saturated carbocycles. The van der Waals surface area contributed by atoms with E-state index in [1.165, 1.54) is 6.92 Å². The van der Waals surface area contributed by atoms with Crippen LogP contribution in [0.3, 0.4) is 0 Å².